The Kier molecular flexibility index (Phi) is 4.02. The van der Waals surface area contributed by atoms with Crippen LogP contribution in [0.3, 0.4) is 0 Å². The summed E-state index contributed by atoms with van der Waals surface area (Å²) < 4.78 is 6.81. The molecule has 144 valence electrons. The Bertz CT molecular complexity index is 1180. The molecule has 2 amide bonds. The van der Waals surface area contributed by atoms with Crippen molar-refractivity contribution in [2.75, 3.05) is 0 Å². The van der Waals surface area contributed by atoms with E-state index in [1.165, 1.54) is 11.3 Å². The first kappa shape index (κ1) is 17.7. The van der Waals surface area contributed by atoms with Crippen LogP contribution in [0.1, 0.15) is 40.0 Å². The molecule has 5 rings (SSSR count). The molecule has 8 heteroatoms. The zero-order valence-corrected chi connectivity index (χ0v) is 15.9. The van der Waals surface area contributed by atoms with Crippen molar-refractivity contribution in [1.29, 1.82) is 0 Å². The van der Waals surface area contributed by atoms with E-state index in [0.717, 1.165) is 15.1 Å². The van der Waals surface area contributed by atoms with Crippen molar-refractivity contribution >= 4 is 44.9 Å². The van der Waals surface area contributed by atoms with Gasteiger partial charge >= 0.3 is 0 Å². The van der Waals surface area contributed by atoms with Crippen LogP contribution in [0.2, 0.25) is 0 Å². The summed E-state index contributed by atoms with van der Waals surface area (Å²) in [5.74, 6) is -1.45. The van der Waals surface area contributed by atoms with E-state index in [9.17, 15) is 19.2 Å². The summed E-state index contributed by atoms with van der Waals surface area (Å²) in [5, 5.41) is 0.359. The lowest BCUT2D eigenvalue weighted by Gasteiger charge is -2.27. The lowest BCUT2D eigenvalue weighted by atomic mass is 9.92. The van der Waals surface area contributed by atoms with Crippen molar-refractivity contribution in [3.05, 3.63) is 53.6 Å². The summed E-state index contributed by atoms with van der Waals surface area (Å²) in [7, 11) is 0. The normalized spacial score (nSPS) is 19.2. The fourth-order valence-corrected chi connectivity index (χ4v) is 4.59. The largest absolute Gasteiger partial charge is 0.430 e. The van der Waals surface area contributed by atoms with Gasteiger partial charge in [-0.05, 0) is 30.7 Å². The number of rotatable bonds is 3. The molecule has 29 heavy (non-hydrogen) atoms. The Hall–Kier alpha value is -3.39. The first-order chi connectivity index (χ1) is 14.0. The molecular weight excluding hydrogens is 392 g/mol. The van der Waals surface area contributed by atoms with Crippen LogP contribution in [0.4, 0.5) is 0 Å². The molecule has 2 aromatic carbocycles. The van der Waals surface area contributed by atoms with E-state index < -0.39 is 23.6 Å². The van der Waals surface area contributed by atoms with E-state index in [4.69, 9.17) is 4.74 Å². The molecule has 0 spiro atoms. The molecule has 3 aromatic rings. The van der Waals surface area contributed by atoms with Gasteiger partial charge in [-0.3, -0.25) is 24.1 Å². The second-order valence-electron chi connectivity index (χ2n) is 6.94. The number of thiazole rings is 1. The van der Waals surface area contributed by atoms with E-state index in [1.54, 1.807) is 18.2 Å². The summed E-state index contributed by atoms with van der Waals surface area (Å²) in [6, 6.07) is 11.4. The van der Waals surface area contributed by atoms with E-state index in [-0.39, 0.29) is 41.9 Å². The number of ether oxygens (including phenoxy) is 1. The predicted molar refractivity (Wildman–Crippen MR) is 104 cm³/mol. The molecule has 1 aromatic heterocycles. The maximum absolute atomic E-state index is 13.1. The fourth-order valence-electron chi connectivity index (χ4n) is 3.76. The minimum Gasteiger partial charge on any atom is -0.430 e. The number of aromatic nitrogens is 1. The third kappa shape index (κ3) is 2.84. The van der Waals surface area contributed by atoms with Crippen LogP contribution in [0.15, 0.2) is 42.5 Å². The smallest absolute Gasteiger partial charge is 0.279 e. The van der Waals surface area contributed by atoms with Crippen LogP contribution in [0, 0.1) is 0 Å². The van der Waals surface area contributed by atoms with Gasteiger partial charge in [0, 0.05) is 6.42 Å². The number of fused-ring (bicyclic) bond motifs is 2. The lowest BCUT2D eigenvalue weighted by molar-refractivity contribution is -0.132. The van der Waals surface area contributed by atoms with Gasteiger partial charge in [0.1, 0.15) is 11.5 Å². The Morgan fingerprint density at radius 2 is 1.83 bits per heavy atom. The zero-order valence-electron chi connectivity index (χ0n) is 15.1. The van der Waals surface area contributed by atoms with Gasteiger partial charge in [0.25, 0.3) is 17.0 Å². The Morgan fingerprint density at radius 3 is 2.62 bits per heavy atom. The van der Waals surface area contributed by atoms with E-state index in [0.29, 0.717) is 5.19 Å². The molecule has 1 unspecified atom stereocenters. The molecule has 1 saturated carbocycles. The summed E-state index contributed by atoms with van der Waals surface area (Å²) in [6.45, 7) is 0. The molecule has 7 nitrogen and oxygen atoms in total. The van der Waals surface area contributed by atoms with Crippen LogP contribution < -0.4 is 4.74 Å². The van der Waals surface area contributed by atoms with Crippen LogP contribution in [-0.2, 0) is 9.59 Å². The van der Waals surface area contributed by atoms with Crippen molar-refractivity contribution in [2.24, 2.45) is 0 Å². The maximum atomic E-state index is 13.1. The Morgan fingerprint density at radius 1 is 1.00 bits per heavy atom. The summed E-state index contributed by atoms with van der Waals surface area (Å²) in [4.78, 5) is 55.2. The molecule has 2 aliphatic rings. The van der Waals surface area contributed by atoms with Crippen molar-refractivity contribution in [3.8, 4) is 10.9 Å². The number of hydrogen-bond donors (Lipinski definition) is 0. The van der Waals surface area contributed by atoms with Crippen LogP contribution in [0.25, 0.3) is 10.2 Å². The second kappa shape index (κ2) is 6.59. The average Bonchev–Trinajstić information content (AvgIpc) is 3.22. The van der Waals surface area contributed by atoms with Gasteiger partial charge < -0.3 is 4.74 Å². The molecule has 1 atom stereocenters. The number of para-hydroxylation sites is 1. The number of benzene rings is 2. The standard InChI is InChI=1S/C21H14N2O5S/c24-11-8-9-14(15(25)10-11)23-19(26)12-4-3-6-16(18(12)20(23)27)28-21-22-13-5-1-2-7-17(13)29-21/h1-7,14H,8-10H2. The maximum Gasteiger partial charge on any atom is 0.279 e. The summed E-state index contributed by atoms with van der Waals surface area (Å²) in [6.07, 6.45) is 0.100. The molecule has 0 N–H and O–H groups in total. The molecular formula is C21H14N2O5S. The number of nitrogens with zero attached hydrogens (tertiary/aromatic N) is 2. The molecule has 2 heterocycles. The van der Waals surface area contributed by atoms with Crippen molar-refractivity contribution in [3.63, 3.8) is 0 Å². The highest BCUT2D eigenvalue weighted by molar-refractivity contribution is 7.20. The van der Waals surface area contributed by atoms with Gasteiger partial charge in [-0.15, -0.1) is 0 Å². The first-order valence-corrected chi connectivity index (χ1v) is 9.93. The Balaban J connectivity index is 1.50. The highest BCUT2D eigenvalue weighted by atomic mass is 32.1. The molecule has 1 aliphatic carbocycles. The van der Waals surface area contributed by atoms with Crippen LogP contribution in [0.5, 0.6) is 10.9 Å². The molecule has 0 radical (unpaired) electrons. The van der Waals surface area contributed by atoms with Crippen molar-refractivity contribution < 1.29 is 23.9 Å². The average molecular weight is 406 g/mol. The number of imide groups is 1. The monoisotopic (exact) mass is 406 g/mol. The highest BCUT2D eigenvalue weighted by Crippen LogP contribution is 2.38. The number of hydrogen-bond acceptors (Lipinski definition) is 7. The topological polar surface area (TPSA) is 93.6 Å². The lowest BCUT2D eigenvalue weighted by Crippen LogP contribution is -2.47. The Labute approximate surface area is 168 Å². The van der Waals surface area contributed by atoms with Gasteiger partial charge in [0.05, 0.1) is 33.8 Å². The number of amides is 2. The van der Waals surface area contributed by atoms with Gasteiger partial charge in [0.2, 0.25) is 0 Å². The third-order valence-corrected chi connectivity index (χ3v) is 6.05. The molecule has 0 saturated heterocycles. The van der Waals surface area contributed by atoms with E-state index in [2.05, 4.69) is 4.98 Å². The number of carbonyl (C=O) groups is 4. The number of Topliss-reactive ketones (excluding diaryl/α,β-unsaturated/α-hetero) is 2. The SMILES string of the molecule is O=C1CCC(N2C(=O)c3cccc(Oc4nc5ccccc5s4)c3C2=O)C(=O)C1. The fraction of sp³-hybridized carbons (Fsp3) is 0.190. The molecule has 0 bridgehead atoms. The minimum atomic E-state index is -0.907. The third-order valence-electron chi connectivity index (χ3n) is 5.13. The van der Waals surface area contributed by atoms with Gasteiger partial charge in [-0.25, -0.2) is 4.98 Å². The quantitative estimate of drug-likeness (QED) is 0.489. The van der Waals surface area contributed by atoms with Gasteiger partial charge in [0.15, 0.2) is 5.78 Å². The van der Waals surface area contributed by atoms with Gasteiger partial charge in [-0.2, -0.15) is 0 Å². The number of carbonyl (C=O) groups excluding carboxylic acids is 4. The van der Waals surface area contributed by atoms with E-state index in [1.807, 2.05) is 24.3 Å². The molecule has 1 fully saturated rings. The van der Waals surface area contributed by atoms with Crippen molar-refractivity contribution in [2.45, 2.75) is 25.3 Å². The minimum absolute atomic E-state index is 0.126. The van der Waals surface area contributed by atoms with Crippen molar-refractivity contribution in [1.82, 2.24) is 9.88 Å². The summed E-state index contributed by atoms with van der Waals surface area (Å²) >= 11 is 1.33. The molecule has 1 aliphatic heterocycles. The number of ketones is 2. The van der Waals surface area contributed by atoms with E-state index >= 15 is 0 Å². The summed E-state index contributed by atoms with van der Waals surface area (Å²) in [5.41, 5.74) is 1.10. The first-order valence-electron chi connectivity index (χ1n) is 9.11. The zero-order chi connectivity index (χ0) is 20.1. The second-order valence-corrected chi connectivity index (χ2v) is 7.94. The highest BCUT2D eigenvalue weighted by Gasteiger charge is 2.45. The van der Waals surface area contributed by atoms with Gasteiger partial charge in [-0.1, -0.05) is 29.5 Å². The van der Waals surface area contributed by atoms with Crippen LogP contribution >= 0.6 is 11.3 Å². The predicted octanol–water partition coefficient (Wildman–Crippen LogP) is 3.38. The van der Waals surface area contributed by atoms with Crippen LogP contribution in [-0.4, -0.2) is 39.3 Å².